The molecule has 7 nitrogen and oxygen atoms in total. The monoisotopic (exact) mass is 450 g/mol. The lowest BCUT2D eigenvalue weighted by Crippen LogP contribution is -2.32. The highest BCUT2D eigenvalue weighted by molar-refractivity contribution is 5.95. The van der Waals surface area contributed by atoms with Crippen molar-refractivity contribution < 1.29 is 4.79 Å². The third-order valence-electron chi connectivity index (χ3n) is 5.77. The molecule has 1 amide bonds. The lowest BCUT2D eigenvalue weighted by molar-refractivity contribution is -0.117. The molecule has 0 fully saturated rings. The summed E-state index contributed by atoms with van der Waals surface area (Å²) in [7, 11) is 0. The summed E-state index contributed by atoms with van der Waals surface area (Å²) in [5.74, 6) is 0.256. The van der Waals surface area contributed by atoms with Crippen LogP contribution in [-0.2, 0) is 4.79 Å². The molecule has 1 unspecified atom stereocenters. The molecule has 0 aliphatic heterocycles. The van der Waals surface area contributed by atoms with E-state index in [4.69, 9.17) is 5.26 Å². The molecule has 2 heterocycles. The maximum Gasteiger partial charge on any atom is 0.234 e. The minimum absolute atomic E-state index is 0.117. The van der Waals surface area contributed by atoms with Gasteiger partial charge in [-0.1, -0.05) is 49.4 Å². The maximum atomic E-state index is 13.2. The van der Waals surface area contributed by atoms with E-state index in [0.29, 0.717) is 24.5 Å². The summed E-state index contributed by atoms with van der Waals surface area (Å²) in [6.45, 7) is 3.32. The molecular weight excluding hydrogens is 424 g/mol. The number of hydrogen-bond donors (Lipinski definition) is 3. The predicted octanol–water partition coefficient (Wildman–Crippen LogP) is 4.46. The number of benzene rings is 2. The number of nitrogens with zero attached hydrogens (tertiary/aromatic N) is 3. The van der Waals surface area contributed by atoms with Gasteiger partial charge in [0, 0.05) is 36.6 Å². The Labute approximate surface area is 198 Å². The van der Waals surface area contributed by atoms with Crippen LogP contribution in [0, 0.1) is 11.3 Å². The van der Waals surface area contributed by atoms with Crippen molar-refractivity contribution in [1.82, 2.24) is 20.5 Å². The number of pyridine rings is 1. The molecule has 2 aromatic heterocycles. The molecule has 0 bridgehead atoms. The van der Waals surface area contributed by atoms with Crippen LogP contribution in [0.1, 0.15) is 35.4 Å². The van der Waals surface area contributed by atoms with Gasteiger partial charge in [0.15, 0.2) is 0 Å². The van der Waals surface area contributed by atoms with Crippen molar-refractivity contribution in [3.63, 3.8) is 0 Å². The first-order chi connectivity index (χ1) is 16.6. The Morgan fingerprint density at radius 3 is 2.41 bits per heavy atom. The Kier molecular flexibility index (Phi) is 7.43. The molecule has 0 aliphatic carbocycles. The van der Waals surface area contributed by atoms with E-state index >= 15 is 0 Å². The van der Waals surface area contributed by atoms with Crippen molar-refractivity contribution >= 4 is 11.7 Å². The zero-order valence-electron chi connectivity index (χ0n) is 18.9. The van der Waals surface area contributed by atoms with Crippen LogP contribution in [-0.4, -0.2) is 34.2 Å². The van der Waals surface area contributed by atoms with Crippen LogP contribution in [0.5, 0.6) is 0 Å². The Morgan fingerprint density at radius 1 is 0.971 bits per heavy atom. The Morgan fingerprint density at radius 2 is 1.76 bits per heavy atom. The third kappa shape index (κ3) is 5.74. The van der Waals surface area contributed by atoms with Crippen molar-refractivity contribution in [2.75, 3.05) is 18.4 Å². The second kappa shape index (κ2) is 11.0. The van der Waals surface area contributed by atoms with E-state index < -0.39 is 0 Å². The molecule has 0 aliphatic rings. The Bertz CT molecular complexity index is 1230. The number of carbonyl (C=O) groups is 1. The number of aromatic nitrogens is 3. The van der Waals surface area contributed by atoms with E-state index in [0.717, 1.165) is 22.3 Å². The van der Waals surface area contributed by atoms with E-state index in [1.54, 1.807) is 24.7 Å². The normalized spacial score (nSPS) is 12.5. The fraction of sp³-hybridized carbons (Fsp3) is 0.185. The van der Waals surface area contributed by atoms with Crippen LogP contribution in [0.25, 0.3) is 11.1 Å². The van der Waals surface area contributed by atoms with Gasteiger partial charge in [0.05, 0.1) is 23.7 Å². The average molecular weight is 451 g/mol. The fourth-order valence-electron chi connectivity index (χ4n) is 3.76. The van der Waals surface area contributed by atoms with Crippen LogP contribution in [0.15, 0.2) is 85.3 Å². The maximum absolute atomic E-state index is 13.2. The van der Waals surface area contributed by atoms with E-state index in [2.05, 4.69) is 38.8 Å². The van der Waals surface area contributed by atoms with E-state index in [1.807, 2.05) is 60.7 Å². The number of nitriles is 1. The first-order valence-electron chi connectivity index (χ1n) is 11.2. The SMILES string of the molecule is C[C@H](CNCC(C(=O)Nc1ccc(-c2cn[nH]c2)cn1)c1ccccc1)c1ccc(C#N)cc1. The second-order valence-corrected chi connectivity index (χ2v) is 8.16. The second-order valence-electron chi connectivity index (χ2n) is 8.16. The number of rotatable bonds is 9. The largest absolute Gasteiger partial charge is 0.315 e. The van der Waals surface area contributed by atoms with Gasteiger partial charge in [-0.05, 0) is 41.3 Å². The first kappa shape index (κ1) is 22.9. The van der Waals surface area contributed by atoms with Crippen molar-refractivity contribution in [3.05, 3.63) is 102 Å². The fourth-order valence-corrected chi connectivity index (χ4v) is 3.76. The highest BCUT2D eigenvalue weighted by Crippen LogP contribution is 2.21. The van der Waals surface area contributed by atoms with Crippen molar-refractivity contribution in [1.29, 1.82) is 5.26 Å². The van der Waals surface area contributed by atoms with Crippen LogP contribution >= 0.6 is 0 Å². The molecule has 7 heteroatoms. The minimum Gasteiger partial charge on any atom is -0.315 e. The van der Waals surface area contributed by atoms with E-state index in [1.165, 1.54) is 0 Å². The molecule has 170 valence electrons. The Balaban J connectivity index is 1.40. The quantitative estimate of drug-likeness (QED) is 0.349. The van der Waals surface area contributed by atoms with Crippen molar-refractivity contribution in [2.24, 2.45) is 0 Å². The van der Waals surface area contributed by atoms with Gasteiger partial charge < -0.3 is 10.6 Å². The van der Waals surface area contributed by atoms with E-state index in [9.17, 15) is 4.79 Å². The van der Waals surface area contributed by atoms with Gasteiger partial charge in [0.25, 0.3) is 0 Å². The average Bonchev–Trinajstić information content (AvgIpc) is 3.42. The molecule has 4 rings (SSSR count). The van der Waals surface area contributed by atoms with Gasteiger partial charge in [-0.3, -0.25) is 9.89 Å². The Hall–Kier alpha value is -4.28. The minimum atomic E-state index is -0.371. The van der Waals surface area contributed by atoms with Gasteiger partial charge >= 0.3 is 0 Å². The van der Waals surface area contributed by atoms with E-state index in [-0.39, 0.29) is 17.7 Å². The highest BCUT2D eigenvalue weighted by atomic mass is 16.2. The lowest BCUT2D eigenvalue weighted by Gasteiger charge is -2.20. The van der Waals surface area contributed by atoms with Crippen LogP contribution in [0.2, 0.25) is 0 Å². The summed E-state index contributed by atoms with van der Waals surface area (Å²) in [6.07, 6.45) is 5.24. The molecule has 3 N–H and O–H groups in total. The third-order valence-corrected chi connectivity index (χ3v) is 5.77. The topological polar surface area (TPSA) is 106 Å². The first-order valence-corrected chi connectivity index (χ1v) is 11.2. The van der Waals surface area contributed by atoms with Gasteiger partial charge in [0.2, 0.25) is 5.91 Å². The molecular formula is C27H26N6O. The van der Waals surface area contributed by atoms with Crippen molar-refractivity contribution in [2.45, 2.75) is 18.8 Å². The molecule has 34 heavy (non-hydrogen) atoms. The summed E-state index contributed by atoms with van der Waals surface area (Å²) in [6, 6.07) is 23.2. The van der Waals surface area contributed by atoms with Crippen LogP contribution < -0.4 is 10.6 Å². The van der Waals surface area contributed by atoms with Gasteiger partial charge in [-0.2, -0.15) is 10.4 Å². The number of carbonyl (C=O) groups excluding carboxylic acids is 1. The van der Waals surface area contributed by atoms with Crippen LogP contribution in [0.3, 0.4) is 0 Å². The summed E-state index contributed by atoms with van der Waals surface area (Å²) < 4.78 is 0. The molecule has 0 radical (unpaired) electrons. The molecule has 2 atom stereocenters. The van der Waals surface area contributed by atoms with Gasteiger partial charge in [-0.25, -0.2) is 4.98 Å². The summed E-state index contributed by atoms with van der Waals surface area (Å²) >= 11 is 0. The number of amides is 1. The summed E-state index contributed by atoms with van der Waals surface area (Å²) in [5, 5.41) is 22.1. The van der Waals surface area contributed by atoms with Crippen molar-refractivity contribution in [3.8, 4) is 17.2 Å². The molecule has 0 saturated heterocycles. The number of nitrogens with one attached hydrogen (secondary N) is 3. The highest BCUT2D eigenvalue weighted by Gasteiger charge is 2.21. The van der Waals surface area contributed by atoms with Crippen LogP contribution in [0.4, 0.5) is 5.82 Å². The lowest BCUT2D eigenvalue weighted by atomic mass is 9.96. The van der Waals surface area contributed by atoms with Gasteiger partial charge in [-0.15, -0.1) is 0 Å². The van der Waals surface area contributed by atoms with Gasteiger partial charge in [0.1, 0.15) is 5.82 Å². The smallest absolute Gasteiger partial charge is 0.234 e. The molecule has 0 spiro atoms. The number of H-pyrrole nitrogens is 1. The number of aromatic amines is 1. The number of hydrogen-bond acceptors (Lipinski definition) is 5. The predicted molar refractivity (Wildman–Crippen MR) is 132 cm³/mol. The summed E-state index contributed by atoms with van der Waals surface area (Å²) in [4.78, 5) is 17.6. The zero-order chi connectivity index (χ0) is 23.8. The molecule has 2 aromatic carbocycles. The standard InChI is InChI=1S/C27H26N6O/c1-19(21-9-7-20(13-28)8-10-21)14-29-18-25(22-5-3-2-4-6-22)27(34)33-26-12-11-23(15-30-26)24-16-31-32-17-24/h2-12,15-17,19,25,29H,14,18H2,1H3,(H,31,32)(H,30,33,34)/t19-,25?/m1/s1. The molecule has 4 aromatic rings. The zero-order valence-corrected chi connectivity index (χ0v) is 18.9. The molecule has 0 saturated carbocycles. The summed E-state index contributed by atoms with van der Waals surface area (Å²) in [5.41, 5.74) is 4.59. The number of anilines is 1.